The number of aromatic nitrogens is 3. The van der Waals surface area contributed by atoms with E-state index in [1.807, 2.05) is 55.5 Å². The van der Waals surface area contributed by atoms with Crippen molar-refractivity contribution in [1.29, 1.82) is 0 Å². The van der Waals surface area contributed by atoms with Crippen molar-refractivity contribution in [2.45, 2.75) is 26.1 Å². The molecule has 0 radical (unpaired) electrons. The standard InChI is InChI=1S/C34H35N5O6/c1-22-10-6-7-11-23(22)20-38(31(40)21-39-28-13-9-8-12-27(28)36-37-39)32(34(41)35-25-14-16-26(42-2)17-15-25)24-18-29(43-3)33(45-5)30(19-24)44-4/h6-19,32H,20-21H2,1-5H3,(H,35,41)/t32-/m0/s1. The van der Waals surface area contributed by atoms with Crippen LogP contribution in [0, 0.1) is 6.92 Å². The van der Waals surface area contributed by atoms with Gasteiger partial charge in [-0.2, -0.15) is 0 Å². The van der Waals surface area contributed by atoms with Crippen LogP contribution in [-0.2, 0) is 22.7 Å². The van der Waals surface area contributed by atoms with Gasteiger partial charge in [0.05, 0.1) is 34.0 Å². The number of para-hydroxylation sites is 1. The predicted molar refractivity (Wildman–Crippen MR) is 170 cm³/mol. The molecule has 1 heterocycles. The molecule has 45 heavy (non-hydrogen) atoms. The van der Waals surface area contributed by atoms with E-state index in [1.165, 1.54) is 26.0 Å². The maximum Gasteiger partial charge on any atom is 0.251 e. The van der Waals surface area contributed by atoms with Crippen LogP contribution < -0.4 is 24.3 Å². The van der Waals surface area contributed by atoms with Gasteiger partial charge in [-0.1, -0.05) is 41.6 Å². The van der Waals surface area contributed by atoms with Crippen molar-refractivity contribution in [3.63, 3.8) is 0 Å². The fraction of sp³-hybridized carbons (Fsp3) is 0.235. The summed E-state index contributed by atoms with van der Waals surface area (Å²) in [6, 6.07) is 24.3. The van der Waals surface area contributed by atoms with Gasteiger partial charge in [-0.25, -0.2) is 4.68 Å². The lowest BCUT2D eigenvalue weighted by Crippen LogP contribution is -2.42. The molecule has 0 bridgehead atoms. The number of hydrogen-bond donors (Lipinski definition) is 1. The second-order valence-electron chi connectivity index (χ2n) is 10.3. The van der Waals surface area contributed by atoms with Gasteiger partial charge in [0.15, 0.2) is 11.5 Å². The van der Waals surface area contributed by atoms with Crippen molar-refractivity contribution in [1.82, 2.24) is 19.9 Å². The van der Waals surface area contributed by atoms with Crippen LogP contribution in [0.5, 0.6) is 23.0 Å². The minimum absolute atomic E-state index is 0.134. The molecule has 0 saturated carbocycles. The summed E-state index contributed by atoms with van der Waals surface area (Å²) in [5.74, 6) is 0.909. The van der Waals surface area contributed by atoms with Gasteiger partial charge in [-0.15, -0.1) is 5.10 Å². The number of nitrogens with one attached hydrogen (secondary N) is 1. The van der Waals surface area contributed by atoms with Gasteiger partial charge in [0.1, 0.15) is 23.9 Å². The smallest absolute Gasteiger partial charge is 0.251 e. The van der Waals surface area contributed by atoms with Gasteiger partial charge in [-0.05, 0) is 72.1 Å². The Kier molecular flexibility index (Phi) is 9.47. The number of ether oxygens (including phenoxy) is 4. The quantitative estimate of drug-likeness (QED) is 0.206. The first-order chi connectivity index (χ1) is 21.9. The molecule has 0 fully saturated rings. The van der Waals surface area contributed by atoms with Gasteiger partial charge < -0.3 is 29.2 Å². The average Bonchev–Trinajstić information content (AvgIpc) is 3.47. The highest BCUT2D eigenvalue weighted by molar-refractivity contribution is 5.98. The zero-order valence-corrected chi connectivity index (χ0v) is 25.8. The van der Waals surface area contributed by atoms with E-state index in [0.29, 0.717) is 45.3 Å². The third-order valence-corrected chi connectivity index (χ3v) is 7.55. The molecule has 1 aromatic heterocycles. The number of hydrogen-bond acceptors (Lipinski definition) is 8. The molecule has 1 atom stereocenters. The van der Waals surface area contributed by atoms with Crippen molar-refractivity contribution < 1.29 is 28.5 Å². The number of carbonyl (C=O) groups excluding carboxylic acids is 2. The van der Waals surface area contributed by atoms with Crippen LogP contribution in [0.1, 0.15) is 22.7 Å². The number of anilines is 1. The fourth-order valence-corrected chi connectivity index (χ4v) is 5.16. The van der Waals surface area contributed by atoms with E-state index < -0.39 is 11.9 Å². The summed E-state index contributed by atoms with van der Waals surface area (Å²) in [4.78, 5) is 30.3. The summed E-state index contributed by atoms with van der Waals surface area (Å²) in [6.07, 6.45) is 0. The van der Waals surface area contributed by atoms with Gasteiger partial charge in [0, 0.05) is 12.2 Å². The van der Waals surface area contributed by atoms with Crippen LogP contribution in [0.3, 0.4) is 0 Å². The Bertz CT molecular complexity index is 1780. The molecule has 232 valence electrons. The Hall–Kier alpha value is -5.58. The highest BCUT2D eigenvalue weighted by atomic mass is 16.5. The molecular weight excluding hydrogens is 574 g/mol. The maximum absolute atomic E-state index is 14.4. The Labute approximate surface area is 261 Å². The van der Waals surface area contributed by atoms with Crippen molar-refractivity contribution in [2.75, 3.05) is 33.8 Å². The Morgan fingerprint density at radius 1 is 0.844 bits per heavy atom. The van der Waals surface area contributed by atoms with Crippen LogP contribution >= 0.6 is 0 Å². The molecule has 1 N–H and O–H groups in total. The normalized spacial score (nSPS) is 11.5. The van der Waals surface area contributed by atoms with Crippen molar-refractivity contribution in [3.05, 3.63) is 102 Å². The van der Waals surface area contributed by atoms with E-state index in [0.717, 1.165) is 11.1 Å². The lowest BCUT2D eigenvalue weighted by Gasteiger charge is -2.32. The highest BCUT2D eigenvalue weighted by Crippen LogP contribution is 2.41. The van der Waals surface area contributed by atoms with Crippen LogP contribution in [0.2, 0.25) is 0 Å². The van der Waals surface area contributed by atoms with E-state index in [9.17, 15) is 9.59 Å². The third kappa shape index (κ3) is 6.67. The number of benzene rings is 4. The van der Waals surface area contributed by atoms with Crippen LogP contribution in [0.25, 0.3) is 11.0 Å². The first-order valence-corrected chi connectivity index (χ1v) is 14.2. The minimum atomic E-state index is -1.12. The van der Waals surface area contributed by atoms with E-state index in [-0.39, 0.29) is 19.0 Å². The highest BCUT2D eigenvalue weighted by Gasteiger charge is 2.34. The SMILES string of the molecule is COc1ccc(NC(=O)[C@H](c2cc(OC)c(OC)c(OC)c2)N(Cc2ccccc2C)C(=O)Cn2nnc3ccccc32)cc1. The number of carbonyl (C=O) groups is 2. The molecule has 5 aromatic rings. The first-order valence-electron chi connectivity index (χ1n) is 14.2. The van der Waals surface area contributed by atoms with Gasteiger partial charge in [0.25, 0.3) is 5.91 Å². The molecule has 0 saturated heterocycles. The van der Waals surface area contributed by atoms with Crippen LogP contribution in [0.15, 0.2) is 84.9 Å². The summed E-state index contributed by atoms with van der Waals surface area (Å²) in [6.45, 7) is 1.95. The van der Waals surface area contributed by atoms with E-state index in [1.54, 1.807) is 48.4 Å². The van der Waals surface area contributed by atoms with Gasteiger partial charge >= 0.3 is 0 Å². The van der Waals surface area contributed by atoms with Crippen LogP contribution in [-0.4, -0.2) is 60.1 Å². The lowest BCUT2D eigenvalue weighted by atomic mass is 10.00. The van der Waals surface area contributed by atoms with Crippen molar-refractivity contribution >= 4 is 28.5 Å². The molecule has 0 spiro atoms. The fourth-order valence-electron chi connectivity index (χ4n) is 5.16. The first kappa shape index (κ1) is 30.9. The monoisotopic (exact) mass is 609 g/mol. The number of fused-ring (bicyclic) bond motifs is 1. The Morgan fingerprint density at radius 2 is 1.51 bits per heavy atom. The molecule has 4 aromatic carbocycles. The van der Waals surface area contributed by atoms with E-state index in [4.69, 9.17) is 18.9 Å². The number of aryl methyl sites for hydroxylation is 1. The Morgan fingerprint density at radius 3 is 2.16 bits per heavy atom. The maximum atomic E-state index is 14.4. The minimum Gasteiger partial charge on any atom is -0.497 e. The summed E-state index contributed by atoms with van der Waals surface area (Å²) in [5.41, 5.74) is 4.21. The van der Waals surface area contributed by atoms with Crippen molar-refractivity contribution in [2.24, 2.45) is 0 Å². The van der Waals surface area contributed by atoms with E-state index >= 15 is 0 Å². The topological polar surface area (TPSA) is 117 Å². The lowest BCUT2D eigenvalue weighted by molar-refractivity contribution is -0.140. The molecule has 0 aliphatic carbocycles. The number of amides is 2. The van der Waals surface area contributed by atoms with E-state index in [2.05, 4.69) is 15.6 Å². The second-order valence-corrected chi connectivity index (χ2v) is 10.3. The predicted octanol–water partition coefficient (Wildman–Crippen LogP) is 5.18. The van der Waals surface area contributed by atoms with Crippen molar-refractivity contribution in [3.8, 4) is 23.0 Å². The summed E-state index contributed by atoms with van der Waals surface area (Å²) in [7, 11) is 6.07. The average molecular weight is 610 g/mol. The number of rotatable bonds is 12. The summed E-state index contributed by atoms with van der Waals surface area (Å²) < 4.78 is 23.6. The summed E-state index contributed by atoms with van der Waals surface area (Å²) >= 11 is 0. The largest absolute Gasteiger partial charge is 0.497 e. The Balaban J connectivity index is 1.64. The molecule has 11 nitrogen and oxygen atoms in total. The number of nitrogens with zero attached hydrogens (tertiary/aromatic N) is 4. The number of methoxy groups -OCH3 is 4. The van der Waals surface area contributed by atoms with Gasteiger partial charge in [0.2, 0.25) is 11.7 Å². The van der Waals surface area contributed by atoms with Crippen LogP contribution in [0.4, 0.5) is 5.69 Å². The summed E-state index contributed by atoms with van der Waals surface area (Å²) in [5, 5.41) is 11.4. The molecule has 2 amide bonds. The molecule has 5 rings (SSSR count). The molecule has 11 heteroatoms. The third-order valence-electron chi connectivity index (χ3n) is 7.55. The van der Waals surface area contributed by atoms with Gasteiger partial charge in [-0.3, -0.25) is 9.59 Å². The molecule has 0 aliphatic heterocycles. The zero-order chi connectivity index (χ0) is 31.9. The molecule has 0 unspecified atom stereocenters. The molecule has 0 aliphatic rings. The second kappa shape index (κ2) is 13.8. The molecular formula is C34H35N5O6. The zero-order valence-electron chi connectivity index (χ0n) is 25.8.